The summed E-state index contributed by atoms with van der Waals surface area (Å²) < 4.78 is 89.6. The molecule has 146 valence electrons. The molecule has 0 bridgehead atoms. The zero-order valence-electron chi connectivity index (χ0n) is 13.5. The molecule has 10 heteroatoms. The summed E-state index contributed by atoms with van der Waals surface area (Å²) in [6, 6.07) is 5.32. The number of benzene rings is 2. The van der Waals surface area contributed by atoms with E-state index in [9.17, 15) is 35.5 Å². The Morgan fingerprint density at radius 2 is 1.48 bits per heavy atom. The van der Waals surface area contributed by atoms with E-state index in [0.717, 1.165) is 0 Å². The highest BCUT2D eigenvalue weighted by molar-refractivity contribution is 5.89. The zero-order valence-corrected chi connectivity index (χ0v) is 13.5. The number of hydrogen-bond acceptors (Lipinski definition) is 1. The molecule has 0 aliphatic heterocycles. The minimum Gasteiger partial charge on any atom is -0.338 e. The number of carbonyl (C=O) groups is 1. The van der Waals surface area contributed by atoms with E-state index in [0.29, 0.717) is 17.7 Å². The summed E-state index contributed by atoms with van der Waals surface area (Å²) in [7, 11) is 0. The van der Waals surface area contributed by atoms with Crippen LogP contribution >= 0.6 is 0 Å². The van der Waals surface area contributed by atoms with Crippen molar-refractivity contribution in [2.45, 2.75) is 18.8 Å². The van der Waals surface area contributed by atoms with Crippen molar-refractivity contribution in [1.29, 1.82) is 0 Å². The van der Waals surface area contributed by atoms with Crippen molar-refractivity contribution < 1.29 is 35.5 Å². The first-order valence-electron chi connectivity index (χ1n) is 7.54. The van der Waals surface area contributed by atoms with Gasteiger partial charge in [0.05, 0.1) is 11.1 Å². The van der Waals surface area contributed by atoms with Crippen LogP contribution in [-0.2, 0) is 18.8 Å². The molecule has 0 aliphatic carbocycles. The molecule has 2 amide bonds. The van der Waals surface area contributed by atoms with E-state index in [-0.39, 0.29) is 19.0 Å². The van der Waals surface area contributed by atoms with Gasteiger partial charge in [0.25, 0.3) is 0 Å². The van der Waals surface area contributed by atoms with Crippen molar-refractivity contribution in [3.8, 4) is 0 Å². The van der Waals surface area contributed by atoms with Crippen LogP contribution in [0.15, 0.2) is 42.5 Å². The molecule has 0 unspecified atom stereocenters. The number of hydrogen-bond donors (Lipinski definition) is 2. The lowest BCUT2D eigenvalue weighted by atomic mass is 10.1. The average Bonchev–Trinajstić information content (AvgIpc) is 2.53. The van der Waals surface area contributed by atoms with E-state index in [1.54, 1.807) is 6.07 Å². The molecule has 0 atom stereocenters. The normalized spacial score (nSPS) is 12.0. The van der Waals surface area contributed by atoms with Crippen molar-refractivity contribution in [2.75, 3.05) is 11.9 Å². The lowest BCUT2D eigenvalue weighted by Crippen LogP contribution is -2.30. The van der Waals surface area contributed by atoms with Gasteiger partial charge in [0, 0.05) is 12.2 Å². The van der Waals surface area contributed by atoms with Crippen LogP contribution in [0, 0.1) is 5.82 Å². The van der Waals surface area contributed by atoms with Gasteiger partial charge in [-0.05, 0) is 42.3 Å². The van der Waals surface area contributed by atoms with Crippen LogP contribution in [0.4, 0.5) is 41.2 Å². The third kappa shape index (κ3) is 6.15. The monoisotopic (exact) mass is 394 g/mol. The quantitative estimate of drug-likeness (QED) is 0.686. The number of rotatable bonds is 4. The number of carbonyl (C=O) groups excluding carboxylic acids is 1. The molecule has 0 saturated carbocycles. The summed E-state index contributed by atoms with van der Waals surface area (Å²) in [5.74, 6) is -0.472. The summed E-state index contributed by atoms with van der Waals surface area (Å²) in [6.45, 7) is 0.000373. The first-order chi connectivity index (χ1) is 12.4. The Hall–Kier alpha value is -2.78. The highest BCUT2D eigenvalue weighted by Gasteiger charge is 2.37. The SMILES string of the molecule is O=C(NCCc1cccc(F)c1)Nc1cc(C(F)(F)F)cc(C(F)(F)F)c1. The number of nitrogens with one attached hydrogen (secondary N) is 2. The van der Waals surface area contributed by atoms with Crippen LogP contribution in [0.1, 0.15) is 16.7 Å². The molecular weight excluding hydrogens is 381 g/mol. The zero-order chi connectivity index (χ0) is 20.2. The fourth-order valence-corrected chi connectivity index (χ4v) is 2.22. The number of alkyl halides is 6. The van der Waals surface area contributed by atoms with Gasteiger partial charge in [0.2, 0.25) is 0 Å². The van der Waals surface area contributed by atoms with Gasteiger partial charge in [-0.25, -0.2) is 9.18 Å². The molecule has 2 aromatic rings. The highest BCUT2D eigenvalue weighted by atomic mass is 19.4. The topological polar surface area (TPSA) is 41.1 Å². The molecule has 3 nitrogen and oxygen atoms in total. The lowest BCUT2D eigenvalue weighted by Gasteiger charge is -2.15. The summed E-state index contributed by atoms with van der Waals surface area (Å²) in [5, 5.41) is 4.22. The number of halogens is 7. The van der Waals surface area contributed by atoms with E-state index >= 15 is 0 Å². The van der Waals surface area contributed by atoms with Crippen molar-refractivity contribution in [3.63, 3.8) is 0 Å². The van der Waals surface area contributed by atoms with Gasteiger partial charge in [0.1, 0.15) is 5.82 Å². The third-order valence-electron chi connectivity index (χ3n) is 3.43. The third-order valence-corrected chi connectivity index (χ3v) is 3.43. The Labute approximate surface area is 149 Å². The highest BCUT2D eigenvalue weighted by Crippen LogP contribution is 2.37. The van der Waals surface area contributed by atoms with Crippen LogP contribution in [0.3, 0.4) is 0 Å². The van der Waals surface area contributed by atoms with E-state index < -0.39 is 41.0 Å². The Morgan fingerprint density at radius 1 is 0.889 bits per heavy atom. The molecule has 2 N–H and O–H groups in total. The summed E-state index contributed by atoms with van der Waals surface area (Å²) in [6.07, 6.45) is -9.79. The van der Waals surface area contributed by atoms with Gasteiger partial charge < -0.3 is 10.6 Å². The average molecular weight is 394 g/mol. The van der Waals surface area contributed by atoms with Gasteiger partial charge in [-0.3, -0.25) is 0 Å². The van der Waals surface area contributed by atoms with E-state index in [1.165, 1.54) is 18.2 Å². The summed E-state index contributed by atoms with van der Waals surface area (Å²) >= 11 is 0. The Balaban J connectivity index is 2.05. The molecule has 0 aliphatic rings. The standard InChI is InChI=1S/C17H13F7N2O/c18-13-3-1-2-10(6-13)4-5-25-15(27)26-14-8-11(16(19,20)21)7-12(9-14)17(22,23)24/h1-3,6-9H,4-5H2,(H2,25,26,27). The maximum atomic E-state index is 13.0. The molecule has 27 heavy (non-hydrogen) atoms. The number of amides is 2. The molecule has 2 rings (SSSR count). The van der Waals surface area contributed by atoms with E-state index in [4.69, 9.17) is 0 Å². The molecule has 0 saturated heterocycles. The van der Waals surface area contributed by atoms with E-state index in [1.807, 2.05) is 5.32 Å². The fourth-order valence-electron chi connectivity index (χ4n) is 2.22. The van der Waals surface area contributed by atoms with Crippen LogP contribution in [-0.4, -0.2) is 12.6 Å². The first kappa shape index (κ1) is 20.5. The van der Waals surface area contributed by atoms with E-state index in [2.05, 4.69) is 5.32 Å². The van der Waals surface area contributed by atoms with Gasteiger partial charge in [-0.1, -0.05) is 12.1 Å². The van der Waals surface area contributed by atoms with Gasteiger partial charge in [0.15, 0.2) is 0 Å². The fraction of sp³-hybridized carbons (Fsp3) is 0.235. The molecule has 2 aromatic carbocycles. The maximum absolute atomic E-state index is 13.0. The summed E-state index contributed by atoms with van der Waals surface area (Å²) in [5.41, 5.74) is -3.16. The second kappa shape index (κ2) is 7.85. The van der Waals surface area contributed by atoms with Crippen LogP contribution in [0.2, 0.25) is 0 Å². The maximum Gasteiger partial charge on any atom is 0.416 e. The number of urea groups is 1. The molecule has 0 spiro atoms. The Morgan fingerprint density at radius 3 is 2.00 bits per heavy atom. The lowest BCUT2D eigenvalue weighted by molar-refractivity contribution is -0.143. The molecule has 0 fully saturated rings. The molecule has 0 heterocycles. The van der Waals surface area contributed by atoms with Crippen LogP contribution in [0.25, 0.3) is 0 Å². The first-order valence-corrected chi connectivity index (χ1v) is 7.54. The van der Waals surface area contributed by atoms with Crippen molar-refractivity contribution in [3.05, 3.63) is 65.0 Å². The Kier molecular flexibility index (Phi) is 5.97. The van der Waals surface area contributed by atoms with Gasteiger partial charge in [-0.2, -0.15) is 26.3 Å². The molecule has 0 radical (unpaired) electrons. The summed E-state index contributed by atoms with van der Waals surface area (Å²) in [4.78, 5) is 11.7. The largest absolute Gasteiger partial charge is 0.416 e. The van der Waals surface area contributed by atoms with Crippen LogP contribution in [0.5, 0.6) is 0 Å². The van der Waals surface area contributed by atoms with Crippen molar-refractivity contribution >= 4 is 11.7 Å². The minimum atomic E-state index is -5.01. The van der Waals surface area contributed by atoms with Crippen LogP contribution < -0.4 is 10.6 Å². The predicted molar refractivity (Wildman–Crippen MR) is 83.6 cm³/mol. The predicted octanol–water partition coefficient (Wildman–Crippen LogP) is 5.23. The van der Waals surface area contributed by atoms with Gasteiger partial charge >= 0.3 is 18.4 Å². The smallest absolute Gasteiger partial charge is 0.338 e. The van der Waals surface area contributed by atoms with Gasteiger partial charge in [-0.15, -0.1) is 0 Å². The number of anilines is 1. The van der Waals surface area contributed by atoms with Crippen molar-refractivity contribution in [1.82, 2.24) is 5.32 Å². The second-order valence-corrected chi connectivity index (χ2v) is 5.56. The second-order valence-electron chi connectivity index (χ2n) is 5.56. The van der Waals surface area contributed by atoms with Crippen molar-refractivity contribution in [2.24, 2.45) is 0 Å². The Bertz CT molecular complexity index is 783. The minimum absolute atomic E-state index is 0.000373. The molecular formula is C17H13F7N2O. The molecule has 0 aromatic heterocycles.